The number of hydrogen-bond acceptors (Lipinski definition) is 3. The first-order chi connectivity index (χ1) is 3.81. The molecule has 2 nitrogen and oxygen atoms in total. The van der Waals surface area contributed by atoms with Crippen molar-refractivity contribution in [1.29, 1.82) is 0 Å². The molecule has 0 radical (unpaired) electrons. The predicted octanol–water partition coefficient (Wildman–Crippen LogP) is 1.38. The molecular weight excluding hydrogens is 124 g/mol. The minimum atomic E-state index is -0.306. The molecule has 0 rings (SSSR count). The van der Waals surface area contributed by atoms with Crippen LogP contribution < -0.4 is 0 Å². The number of allylic oxidation sites excluding steroid dienone is 1. The summed E-state index contributed by atoms with van der Waals surface area (Å²) >= 11 is 1.05. The third kappa shape index (κ3) is 3.74. The van der Waals surface area contributed by atoms with Gasteiger partial charge >= 0.3 is 5.97 Å². The summed E-state index contributed by atoms with van der Waals surface area (Å²) in [6, 6.07) is 0. The molecule has 0 atom stereocenters. The molecule has 0 heterocycles. The van der Waals surface area contributed by atoms with Crippen molar-refractivity contribution < 1.29 is 8.98 Å². The Morgan fingerprint density at radius 3 is 2.75 bits per heavy atom. The van der Waals surface area contributed by atoms with E-state index in [0.29, 0.717) is 0 Å². The highest BCUT2D eigenvalue weighted by molar-refractivity contribution is 7.94. The van der Waals surface area contributed by atoms with Gasteiger partial charge in [0.25, 0.3) is 0 Å². The van der Waals surface area contributed by atoms with E-state index in [1.807, 2.05) is 0 Å². The summed E-state index contributed by atoms with van der Waals surface area (Å²) in [5.74, 6) is -0.306. The fourth-order valence-corrected chi connectivity index (χ4v) is 0.466. The summed E-state index contributed by atoms with van der Waals surface area (Å²) in [5, 5.41) is 0. The molecule has 0 bridgehead atoms. The van der Waals surface area contributed by atoms with E-state index in [1.54, 1.807) is 19.3 Å². The van der Waals surface area contributed by atoms with Crippen LogP contribution in [0.4, 0.5) is 0 Å². The number of carbonyl (C=O) groups is 1. The highest BCUT2D eigenvalue weighted by atomic mass is 32.2. The van der Waals surface area contributed by atoms with Crippen LogP contribution in [0.5, 0.6) is 0 Å². The highest BCUT2D eigenvalue weighted by Gasteiger charge is 1.90. The first-order valence-corrected chi connectivity index (χ1v) is 3.33. The van der Waals surface area contributed by atoms with Gasteiger partial charge in [-0.25, -0.2) is 4.79 Å². The molecule has 0 N–H and O–H groups in total. The van der Waals surface area contributed by atoms with Crippen LogP contribution in [-0.2, 0) is 8.98 Å². The average molecular weight is 132 g/mol. The van der Waals surface area contributed by atoms with E-state index in [0.717, 1.165) is 12.0 Å². The van der Waals surface area contributed by atoms with Crippen molar-refractivity contribution in [3.63, 3.8) is 0 Å². The lowest BCUT2D eigenvalue weighted by atomic mass is 10.5. The lowest BCUT2D eigenvalue weighted by Crippen LogP contribution is -1.90. The third-order valence-corrected chi connectivity index (χ3v) is 0.799. The predicted molar refractivity (Wildman–Crippen MR) is 34.4 cm³/mol. The quantitative estimate of drug-likeness (QED) is 0.419. The Labute approximate surface area is 53.1 Å². The van der Waals surface area contributed by atoms with Gasteiger partial charge in [0.2, 0.25) is 0 Å². The number of hydrogen-bond donors (Lipinski definition) is 0. The van der Waals surface area contributed by atoms with Crippen LogP contribution in [0.15, 0.2) is 12.2 Å². The topological polar surface area (TPSA) is 26.3 Å². The summed E-state index contributed by atoms with van der Waals surface area (Å²) in [6.07, 6.45) is 4.70. The van der Waals surface area contributed by atoms with Gasteiger partial charge in [-0.2, -0.15) is 0 Å². The molecule has 3 heteroatoms. The Bertz CT molecular complexity index is 98.6. The fraction of sp³-hybridized carbons (Fsp3) is 0.400. The van der Waals surface area contributed by atoms with Gasteiger partial charge in [0.1, 0.15) is 0 Å². The van der Waals surface area contributed by atoms with Crippen LogP contribution in [0.25, 0.3) is 0 Å². The van der Waals surface area contributed by atoms with Gasteiger partial charge in [-0.05, 0) is 6.92 Å². The largest absolute Gasteiger partial charge is 0.388 e. The van der Waals surface area contributed by atoms with E-state index in [9.17, 15) is 4.79 Å². The zero-order valence-corrected chi connectivity index (χ0v) is 5.70. The minimum Gasteiger partial charge on any atom is -0.388 e. The summed E-state index contributed by atoms with van der Waals surface area (Å²) in [7, 11) is 0. The van der Waals surface area contributed by atoms with E-state index >= 15 is 0 Å². The van der Waals surface area contributed by atoms with Crippen molar-refractivity contribution in [1.82, 2.24) is 0 Å². The Morgan fingerprint density at radius 2 is 2.38 bits per heavy atom. The maximum Gasteiger partial charge on any atom is 0.342 e. The highest BCUT2D eigenvalue weighted by Crippen LogP contribution is 1.94. The van der Waals surface area contributed by atoms with Gasteiger partial charge in [-0.15, -0.1) is 0 Å². The smallest absolute Gasteiger partial charge is 0.342 e. The molecule has 0 aliphatic carbocycles. The zero-order valence-electron chi connectivity index (χ0n) is 4.88. The molecule has 0 aromatic carbocycles. The van der Waals surface area contributed by atoms with Crippen molar-refractivity contribution in [2.45, 2.75) is 6.92 Å². The molecule has 46 valence electrons. The van der Waals surface area contributed by atoms with Gasteiger partial charge in [-0.1, -0.05) is 6.08 Å². The van der Waals surface area contributed by atoms with Crippen LogP contribution in [0.3, 0.4) is 0 Å². The molecule has 0 aliphatic heterocycles. The summed E-state index contributed by atoms with van der Waals surface area (Å²) < 4.78 is 4.47. The maximum absolute atomic E-state index is 10.3. The van der Waals surface area contributed by atoms with Crippen molar-refractivity contribution >= 4 is 18.0 Å². The Hall–Kier alpha value is -0.440. The van der Waals surface area contributed by atoms with Crippen LogP contribution in [-0.4, -0.2) is 12.2 Å². The van der Waals surface area contributed by atoms with Crippen LogP contribution in [0.1, 0.15) is 6.92 Å². The van der Waals surface area contributed by atoms with E-state index in [-0.39, 0.29) is 5.97 Å². The molecule has 0 aromatic rings. The molecule has 0 saturated heterocycles. The van der Waals surface area contributed by atoms with E-state index in [1.165, 1.54) is 6.08 Å². The second-order valence-corrected chi connectivity index (χ2v) is 1.57. The second kappa shape index (κ2) is 4.71. The maximum atomic E-state index is 10.3. The standard InChI is InChI=1S/C5H8O2S/c1-3-4-5(6)7-8-2/h3-4H,1-2H3. The van der Waals surface area contributed by atoms with Gasteiger partial charge in [0.15, 0.2) is 0 Å². The van der Waals surface area contributed by atoms with Crippen LogP contribution >= 0.6 is 12.0 Å². The van der Waals surface area contributed by atoms with Crippen molar-refractivity contribution in [2.24, 2.45) is 0 Å². The molecule has 0 amide bonds. The molecule has 0 unspecified atom stereocenters. The fourth-order valence-electron chi connectivity index (χ4n) is 0.246. The molecule has 0 spiro atoms. The zero-order chi connectivity index (χ0) is 6.41. The van der Waals surface area contributed by atoms with Gasteiger partial charge in [0, 0.05) is 12.3 Å². The first kappa shape index (κ1) is 7.56. The molecular formula is C5H8O2S. The Balaban J connectivity index is 3.33. The SMILES string of the molecule is CC=CC(=O)OSC. The monoisotopic (exact) mass is 132 g/mol. The Morgan fingerprint density at radius 1 is 1.75 bits per heavy atom. The van der Waals surface area contributed by atoms with Crippen molar-refractivity contribution in [2.75, 3.05) is 6.26 Å². The van der Waals surface area contributed by atoms with Crippen LogP contribution in [0, 0.1) is 0 Å². The van der Waals surface area contributed by atoms with E-state index in [4.69, 9.17) is 0 Å². The van der Waals surface area contributed by atoms with E-state index in [2.05, 4.69) is 4.18 Å². The van der Waals surface area contributed by atoms with Crippen LogP contribution in [0.2, 0.25) is 0 Å². The van der Waals surface area contributed by atoms with Gasteiger partial charge in [0.05, 0.1) is 12.0 Å². The summed E-state index contributed by atoms with van der Waals surface area (Å²) in [5.41, 5.74) is 0. The second-order valence-electron chi connectivity index (χ2n) is 1.07. The molecule has 8 heavy (non-hydrogen) atoms. The normalized spacial score (nSPS) is 9.75. The lowest BCUT2D eigenvalue weighted by molar-refractivity contribution is -0.127. The van der Waals surface area contributed by atoms with Gasteiger partial charge < -0.3 is 4.18 Å². The number of rotatable bonds is 2. The molecule has 0 aliphatic rings. The number of carbonyl (C=O) groups excluding carboxylic acids is 1. The lowest BCUT2D eigenvalue weighted by Gasteiger charge is -1.89. The summed E-state index contributed by atoms with van der Waals surface area (Å²) in [4.78, 5) is 10.3. The Kier molecular flexibility index (Phi) is 4.45. The van der Waals surface area contributed by atoms with E-state index < -0.39 is 0 Å². The molecule has 0 fully saturated rings. The average Bonchev–Trinajstić information content (AvgIpc) is 1.68. The third-order valence-electron chi connectivity index (χ3n) is 0.468. The molecule has 0 aromatic heterocycles. The van der Waals surface area contributed by atoms with Crippen molar-refractivity contribution in [3.05, 3.63) is 12.2 Å². The van der Waals surface area contributed by atoms with Crippen molar-refractivity contribution in [3.8, 4) is 0 Å². The minimum absolute atomic E-state index is 0.306. The molecule has 0 saturated carbocycles. The first-order valence-electron chi connectivity index (χ1n) is 2.18. The van der Waals surface area contributed by atoms with Gasteiger partial charge in [-0.3, -0.25) is 0 Å². The summed E-state index contributed by atoms with van der Waals surface area (Å²) in [6.45, 7) is 1.77.